The third-order valence-electron chi connectivity index (χ3n) is 12.7. The van der Waals surface area contributed by atoms with Gasteiger partial charge >= 0.3 is 0 Å². The number of anilines is 3. The number of hydrogen-bond donors (Lipinski definition) is 0. The molecular formula is C62H47NS. The van der Waals surface area contributed by atoms with E-state index in [1.165, 1.54) is 75.8 Å². The van der Waals surface area contributed by atoms with Crippen LogP contribution in [-0.4, -0.2) is 0 Å². The van der Waals surface area contributed by atoms with Gasteiger partial charge in [-0.3, -0.25) is 0 Å². The van der Waals surface area contributed by atoms with Crippen LogP contribution < -0.4 is 4.90 Å². The zero-order chi connectivity index (χ0) is 43.6. The van der Waals surface area contributed by atoms with Gasteiger partial charge in [-0.1, -0.05) is 189 Å². The normalized spacial score (nSPS) is 12.5. The topological polar surface area (TPSA) is 3.24 Å². The van der Waals surface area contributed by atoms with E-state index in [1.54, 1.807) is 0 Å². The summed E-state index contributed by atoms with van der Waals surface area (Å²) in [5.41, 5.74) is 17.4. The monoisotopic (exact) mass is 837 g/mol. The van der Waals surface area contributed by atoms with Crippen molar-refractivity contribution in [1.29, 1.82) is 0 Å². The molecule has 0 radical (unpaired) electrons. The zero-order valence-corrected chi connectivity index (χ0v) is 36.7. The Morgan fingerprint density at radius 1 is 0.469 bits per heavy atom. The van der Waals surface area contributed by atoms with Crippen molar-refractivity contribution in [3.8, 4) is 33.4 Å². The molecule has 10 aromatic rings. The Bertz CT molecular complexity index is 3260. The maximum atomic E-state index is 4.08. The molecule has 2 heteroatoms. The minimum atomic E-state index is -0.566. The molecule has 0 spiro atoms. The molecule has 0 aliphatic heterocycles. The lowest BCUT2D eigenvalue weighted by Crippen LogP contribution is -2.28. The first-order valence-electron chi connectivity index (χ1n) is 21.8. The van der Waals surface area contributed by atoms with E-state index < -0.39 is 5.41 Å². The van der Waals surface area contributed by atoms with Crippen molar-refractivity contribution >= 4 is 54.1 Å². The summed E-state index contributed by atoms with van der Waals surface area (Å²) in [6.45, 7) is 12.1. The minimum Gasteiger partial charge on any atom is -0.310 e. The predicted octanol–water partition coefficient (Wildman–Crippen LogP) is 17.6. The summed E-state index contributed by atoms with van der Waals surface area (Å²) in [5, 5.41) is 2.64. The van der Waals surface area contributed by atoms with Crippen LogP contribution in [0.4, 0.5) is 17.1 Å². The van der Waals surface area contributed by atoms with Gasteiger partial charge in [-0.05, 0) is 122 Å². The summed E-state index contributed by atoms with van der Waals surface area (Å²) >= 11 is 1.86. The number of allylic oxidation sites excluding steroid dienone is 3. The zero-order valence-electron chi connectivity index (χ0n) is 35.9. The summed E-state index contributed by atoms with van der Waals surface area (Å²) < 4.78 is 2.63. The molecule has 0 N–H and O–H groups in total. The lowest BCUT2D eigenvalue weighted by Gasteiger charge is -2.35. The highest BCUT2D eigenvalue weighted by molar-refractivity contribution is 7.25. The second-order valence-electron chi connectivity index (χ2n) is 16.0. The fraction of sp³-hybridized carbons (Fsp3) is 0.0323. The van der Waals surface area contributed by atoms with Crippen molar-refractivity contribution < 1.29 is 0 Å². The van der Waals surface area contributed by atoms with Crippen molar-refractivity contribution in [2.24, 2.45) is 0 Å². The first kappa shape index (κ1) is 40.3. The summed E-state index contributed by atoms with van der Waals surface area (Å²) in [7, 11) is 0. The molecule has 306 valence electrons. The molecule has 0 saturated carbocycles. The third-order valence-corrected chi connectivity index (χ3v) is 13.9. The van der Waals surface area contributed by atoms with Crippen LogP contribution in [0, 0.1) is 0 Å². The van der Waals surface area contributed by atoms with Crippen LogP contribution in [0.1, 0.15) is 34.7 Å². The highest BCUT2D eigenvalue weighted by Gasteiger charge is 2.47. The molecule has 0 saturated heterocycles. The van der Waals surface area contributed by atoms with Crippen LogP contribution in [-0.2, 0) is 5.41 Å². The molecule has 64 heavy (non-hydrogen) atoms. The highest BCUT2D eigenvalue weighted by atomic mass is 32.1. The van der Waals surface area contributed by atoms with Gasteiger partial charge in [0.2, 0.25) is 0 Å². The summed E-state index contributed by atoms with van der Waals surface area (Å²) in [6.07, 6.45) is 4.04. The Labute approximate surface area is 380 Å². The molecule has 0 atom stereocenters. The first-order chi connectivity index (χ1) is 31.6. The molecular weight excluding hydrogens is 791 g/mol. The van der Waals surface area contributed by atoms with Crippen molar-refractivity contribution in [2.75, 3.05) is 4.90 Å². The Balaban J connectivity index is 0.00000239. The number of fused-ring (bicyclic) bond motifs is 6. The van der Waals surface area contributed by atoms with Gasteiger partial charge in [-0.15, -0.1) is 24.5 Å². The average molecular weight is 838 g/mol. The molecule has 0 unspecified atom stereocenters. The van der Waals surface area contributed by atoms with Crippen molar-refractivity contribution in [1.82, 2.24) is 0 Å². The number of hydrogen-bond acceptors (Lipinski definition) is 2. The standard InChI is InChI=1S/C60H43NS.C2H4/c1-3-41(4-2)42-27-32-48(33-28-42)61(49-34-29-43(30-35-49)45-31-37-53-52-23-14-15-26-57(52)62-58(53)39-45)50-36-38-54-56(40-50)60(46-19-10-6-11-20-46,47-21-12-7-13-22-47)55-25-16-24-51(59(54)55)44-17-8-5-9-18-44;1-2/h3-40H,1H2,2H3;1-2H2/b41-4+;. The molecule has 1 nitrogen and oxygen atoms in total. The molecule has 9 aromatic carbocycles. The van der Waals surface area contributed by atoms with E-state index in [1.807, 2.05) is 17.4 Å². The SMILES string of the molecule is C=C.C=C/C(=C\C)c1ccc(N(c2ccc(-c3ccc4c(c3)sc3ccccc34)cc2)c2ccc3c(c2)C(c2ccccc2)(c2ccccc2)c2cccc(-c4ccccc4)c2-3)cc1. The Morgan fingerprint density at radius 2 is 1.05 bits per heavy atom. The number of thiophene rings is 1. The Morgan fingerprint density at radius 3 is 1.70 bits per heavy atom. The summed E-state index contributed by atoms with van der Waals surface area (Å²) in [4.78, 5) is 2.41. The fourth-order valence-corrected chi connectivity index (χ4v) is 11.0. The number of rotatable bonds is 9. The van der Waals surface area contributed by atoms with Gasteiger partial charge in [-0.2, -0.15) is 0 Å². The smallest absolute Gasteiger partial charge is 0.0714 e. The molecule has 1 heterocycles. The second-order valence-corrected chi connectivity index (χ2v) is 17.1. The Kier molecular flexibility index (Phi) is 10.8. The maximum Gasteiger partial charge on any atom is 0.0714 e. The van der Waals surface area contributed by atoms with Crippen LogP contribution in [0.3, 0.4) is 0 Å². The number of nitrogens with zero attached hydrogens (tertiary/aromatic N) is 1. The van der Waals surface area contributed by atoms with E-state index in [0.717, 1.165) is 28.2 Å². The van der Waals surface area contributed by atoms with Crippen LogP contribution in [0.15, 0.2) is 250 Å². The first-order valence-corrected chi connectivity index (χ1v) is 22.6. The van der Waals surface area contributed by atoms with Gasteiger partial charge in [0.25, 0.3) is 0 Å². The summed E-state index contributed by atoms with van der Waals surface area (Å²) in [6, 6.07) is 80.6. The van der Waals surface area contributed by atoms with Crippen LogP contribution in [0.25, 0.3) is 59.1 Å². The van der Waals surface area contributed by atoms with Gasteiger partial charge in [0.05, 0.1) is 5.41 Å². The second kappa shape index (κ2) is 17.2. The lowest BCUT2D eigenvalue weighted by atomic mass is 9.67. The molecule has 0 bridgehead atoms. The van der Waals surface area contributed by atoms with Gasteiger partial charge in [0, 0.05) is 37.2 Å². The fourth-order valence-electron chi connectivity index (χ4n) is 9.88. The van der Waals surface area contributed by atoms with Crippen molar-refractivity contribution in [3.05, 3.63) is 278 Å². The van der Waals surface area contributed by atoms with Crippen molar-refractivity contribution in [2.45, 2.75) is 12.3 Å². The quantitative estimate of drug-likeness (QED) is 0.103. The average Bonchev–Trinajstić information content (AvgIpc) is 3.90. The largest absolute Gasteiger partial charge is 0.310 e. The van der Waals surface area contributed by atoms with E-state index in [4.69, 9.17) is 0 Å². The maximum absolute atomic E-state index is 4.08. The lowest BCUT2D eigenvalue weighted by molar-refractivity contribution is 0.768. The van der Waals surface area contributed by atoms with E-state index in [-0.39, 0.29) is 0 Å². The van der Waals surface area contributed by atoms with Crippen molar-refractivity contribution in [3.63, 3.8) is 0 Å². The van der Waals surface area contributed by atoms with Crippen LogP contribution >= 0.6 is 11.3 Å². The van der Waals surface area contributed by atoms with Gasteiger partial charge < -0.3 is 4.90 Å². The minimum absolute atomic E-state index is 0.566. The molecule has 0 amide bonds. The van der Waals surface area contributed by atoms with Crippen LogP contribution in [0.2, 0.25) is 0 Å². The molecule has 1 aliphatic carbocycles. The predicted molar refractivity (Wildman–Crippen MR) is 277 cm³/mol. The number of benzene rings is 9. The van der Waals surface area contributed by atoms with E-state index in [2.05, 4.69) is 256 Å². The van der Waals surface area contributed by atoms with Gasteiger partial charge in [-0.25, -0.2) is 0 Å². The van der Waals surface area contributed by atoms with Gasteiger partial charge in [0.1, 0.15) is 0 Å². The van der Waals surface area contributed by atoms with E-state index in [0.29, 0.717) is 0 Å². The van der Waals surface area contributed by atoms with E-state index in [9.17, 15) is 0 Å². The third kappa shape index (κ3) is 6.72. The molecule has 0 fully saturated rings. The highest BCUT2D eigenvalue weighted by Crippen LogP contribution is 2.59. The molecule has 11 rings (SSSR count). The van der Waals surface area contributed by atoms with Crippen LogP contribution in [0.5, 0.6) is 0 Å². The summed E-state index contributed by atoms with van der Waals surface area (Å²) in [5.74, 6) is 0. The van der Waals surface area contributed by atoms with E-state index >= 15 is 0 Å². The van der Waals surface area contributed by atoms with Gasteiger partial charge in [0.15, 0.2) is 0 Å². The Hall–Kier alpha value is -7.78. The molecule has 1 aliphatic rings. The molecule has 1 aromatic heterocycles.